The molecule has 0 atom stereocenters. The van der Waals surface area contributed by atoms with E-state index >= 15 is 0 Å². The number of rotatable bonds is 4. The van der Waals surface area contributed by atoms with Gasteiger partial charge in [-0.05, 0) is 31.2 Å². The Kier molecular flexibility index (Phi) is 3.68. The van der Waals surface area contributed by atoms with Gasteiger partial charge in [-0.15, -0.1) is 0 Å². The van der Waals surface area contributed by atoms with E-state index in [1.54, 1.807) is 18.2 Å². The van der Waals surface area contributed by atoms with Crippen LogP contribution in [0, 0.1) is 0 Å². The molecular weight excluding hydrogens is 320 g/mol. The summed E-state index contributed by atoms with van der Waals surface area (Å²) in [6, 6.07) is 13.2. The summed E-state index contributed by atoms with van der Waals surface area (Å²) in [6.45, 7) is 3.10. The minimum absolute atomic E-state index is 0.133. The van der Waals surface area contributed by atoms with Crippen LogP contribution in [0.5, 0.6) is 11.5 Å². The number of aryl methyl sites for hydroxylation is 1. The molecule has 25 heavy (non-hydrogen) atoms. The third kappa shape index (κ3) is 2.63. The van der Waals surface area contributed by atoms with Gasteiger partial charge >= 0.3 is 5.95 Å². The fourth-order valence-electron chi connectivity index (χ4n) is 3.13. The number of para-hydroxylation sites is 2. The Morgan fingerprint density at radius 1 is 1.24 bits per heavy atom. The summed E-state index contributed by atoms with van der Waals surface area (Å²) in [4.78, 5) is 12.5. The molecule has 0 saturated carbocycles. The Balaban J connectivity index is 1.59. The molecule has 3 N–H and O–H groups in total. The van der Waals surface area contributed by atoms with E-state index in [2.05, 4.69) is 5.32 Å². The van der Waals surface area contributed by atoms with Gasteiger partial charge in [-0.2, -0.15) is 0 Å². The molecule has 0 saturated heterocycles. The molecule has 2 aromatic carbocycles. The highest BCUT2D eigenvalue weighted by Gasteiger charge is 2.22. The molecular formula is C18H19N4O3+. The first-order valence-corrected chi connectivity index (χ1v) is 8.13. The van der Waals surface area contributed by atoms with Crippen LogP contribution in [-0.4, -0.2) is 17.3 Å². The zero-order valence-electron chi connectivity index (χ0n) is 13.9. The number of hydrogen-bond acceptors (Lipinski definition) is 4. The lowest BCUT2D eigenvalue weighted by molar-refractivity contribution is -0.643. The Morgan fingerprint density at radius 3 is 2.88 bits per heavy atom. The number of ether oxygens (including phenoxy) is 2. The lowest BCUT2D eigenvalue weighted by Crippen LogP contribution is -2.42. The van der Waals surface area contributed by atoms with Crippen LogP contribution in [-0.2, 0) is 17.9 Å². The van der Waals surface area contributed by atoms with Crippen LogP contribution < -0.4 is 25.1 Å². The highest BCUT2D eigenvalue weighted by atomic mass is 16.7. The number of hydrogen-bond donors (Lipinski definition) is 2. The van der Waals surface area contributed by atoms with Crippen molar-refractivity contribution < 1.29 is 18.8 Å². The van der Waals surface area contributed by atoms with Crippen LogP contribution in [0.15, 0.2) is 42.5 Å². The second-order valence-electron chi connectivity index (χ2n) is 5.79. The number of carbonyl (C=O) groups excluding carboxylic acids is 1. The van der Waals surface area contributed by atoms with Crippen molar-refractivity contribution in [2.45, 2.75) is 20.0 Å². The van der Waals surface area contributed by atoms with Crippen LogP contribution in [0.1, 0.15) is 6.92 Å². The fraction of sp³-hybridized carbons (Fsp3) is 0.222. The number of benzene rings is 2. The van der Waals surface area contributed by atoms with Gasteiger partial charge in [-0.25, -0.2) is 9.13 Å². The number of imidazole rings is 1. The molecule has 1 aliphatic heterocycles. The van der Waals surface area contributed by atoms with Gasteiger partial charge < -0.3 is 14.8 Å². The molecule has 3 aromatic rings. The summed E-state index contributed by atoms with van der Waals surface area (Å²) in [5.74, 6) is 1.72. The number of fused-ring (bicyclic) bond motifs is 2. The van der Waals surface area contributed by atoms with Crippen molar-refractivity contribution in [2.75, 3.05) is 17.8 Å². The van der Waals surface area contributed by atoms with E-state index in [4.69, 9.17) is 15.2 Å². The summed E-state index contributed by atoms with van der Waals surface area (Å²) in [5.41, 5.74) is 8.86. The second kappa shape index (κ2) is 6.01. The third-order valence-corrected chi connectivity index (χ3v) is 4.29. The molecule has 7 nitrogen and oxygen atoms in total. The molecule has 1 aromatic heterocycles. The zero-order chi connectivity index (χ0) is 17.4. The molecule has 4 rings (SSSR count). The van der Waals surface area contributed by atoms with E-state index < -0.39 is 0 Å². The largest absolute Gasteiger partial charge is 0.454 e. The first kappa shape index (κ1) is 15.3. The Labute approximate surface area is 144 Å². The maximum Gasteiger partial charge on any atom is 0.356 e. The average Bonchev–Trinajstić information content (AvgIpc) is 3.18. The maximum absolute atomic E-state index is 12.5. The molecule has 0 unspecified atom stereocenters. The summed E-state index contributed by atoms with van der Waals surface area (Å²) in [7, 11) is 0. The van der Waals surface area contributed by atoms with Crippen LogP contribution in [0.2, 0.25) is 0 Å². The summed E-state index contributed by atoms with van der Waals surface area (Å²) in [6.07, 6.45) is 0. The van der Waals surface area contributed by atoms with Gasteiger partial charge in [0, 0.05) is 11.8 Å². The van der Waals surface area contributed by atoms with Gasteiger partial charge in [0.25, 0.3) is 5.91 Å². The predicted molar refractivity (Wildman–Crippen MR) is 93.4 cm³/mol. The normalized spacial score (nSPS) is 12.5. The van der Waals surface area contributed by atoms with Crippen molar-refractivity contribution >= 4 is 28.6 Å². The SMILES string of the molecule is CCn1c(N)[n+](CC(=O)Nc2ccc3c(c2)OCO3)c2ccccc21. The lowest BCUT2D eigenvalue weighted by atomic mass is 10.2. The third-order valence-electron chi connectivity index (χ3n) is 4.29. The highest BCUT2D eigenvalue weighted by Crippen LogP contribution is 2.34. The highest BCUT2D eigenvalue weighted by molar-refractivity contribution is 5.90. The van der Waals surface area contributed by atoms with E-state index in [1.807, 2.05) is 40.3 Å². The Hall–Kier alpha value is -3.22. The van der Waals surface area contributed by atoms with E-state index in [0.29, 0.717) is 23.1 Å². The predicted octanol–water partition coefficient (Wildman–Crippen LogP) is 1.90. The first-order valence-electron chi connectivity index (χ1n) is 8.13. The number of nitrogens with zero attached hydrogens (tertiary/aromatic N) is 2. The van der Waals surface area contributed by atoms with Crippen molar-refractivity contribution in [3.8, 4) is 11.5 Å². The van der Waals surface area contributed by atoms with Gasteiger partial charge in [-0.1, -0.05) is 12.1 Å². The molecule has 0 radical (unpaired) electrons. The van der Waals surface area contributed by atoms with Crippen LogP contribution in [0.3, 0.4) is 0 Å². The van der Waals surface area contributed by atoms with Gasteiger partial charge in [0.15, 0.2) is 18.0 Å². The Bertz CT molecular complexity index is 964. The number of anilines is 2. The van der Waals surface area contributed by atoms with Crippen LogP contribution in [0.4, 0.5) is 11.6 Å². The fourth-order valence-corrected chi connectivity index (χ4v) is 3.13. The molecule has 1 amide bonds. The van der Waals surface area contributed by atoms with Crippen molar-refractivity contribution in [2.24, 2.45) is 0 Å². The van der Waals surface area contributed by atoms with E-state index in [-0.39, 0.29) is 19.2 Å². The van der Waals surface area contributed by atoms with Gasteiger partial charge in [0.05, 0.1) is 6.54 Å². The lowest BCUT2D eigenvalue weighted by Gasteiger charge is -2.06. The van der Waals surface area contributed by atoms with Crippen molar-refractivity contribution in [1.82, 2.24) is 4.57 Å². The standard InChI is InChI=1S/C18H18N4O3/c1-2-21-13-5-3-4-6-14(13)22(18(21)19)10-17(23)20-12-7-8-15-16(9-12)25-11-24-15/h3-9,19H,2,10-11H2,1H3,(H,20,23)/p+1. The average molecular weight is 339 g/mol. The molecule has 7 heteroatoms. The molecule has 128 valence electrons. The van der Waals surface area contributed by atoms with Gasteiger partial charge in [0.1, 0.15) is 11.0 Å². The number of nitrogen functional groups attached to an aromatic ring is 1. The number of aromatic nitrogens is 2. The van der Waals surface area contributed by atoms with Crippen molar-refractivity contribution in [3.05, 3.63) is 42.5 Å². The van der Waals surface area contributed by atoms with Crippen LogP contribution >= 0.6 is 0 Å². The smallest absolute Gasteiger partial charge is 0.356 e. The minimum Gasteiger partial charge on any atom is -0.454 e. The zero-order valence-corrected chi connectivity index (χ0v) is 13.9. The molecule has 0 aliphatic carbocycles. The topological polar surface area (TPSA) is 82.4 Å². The monoisotopic (exact) mass is 339 g/mol. The number of carbonyl (C=O) groups is 1. The van der Waals surface area contributed by atoms with E-state index in [9.17, 15) is 4.79 Å². The first-order chi connectivity index (χ1) is 12.2. The second-order valence-corrected chi connectivity index (χ2v) is 5.79. The van der Waals surface area contributed by atoms with Crippen molar-refractivity contribution in [3.63, 3.8) is 0 Å². The van der Waals surface area contributed by atoms with Crippen molar-refractivity contribution in [1.29, 1.82) is 0 Å². The van der Waals surface area contributed by atoms with E-state index in [0.717, 1.165) is 17.6 Å². The number of nitrogens with two attached hydrogens (primary N) is 1. The summed E-state index contributed by atoms with van der Waals surface area (Å²) < 4.78 is 14.4. The molecule has 1 aliphatic rings. The maximum atomic E-state index is 12.5. The quantitative estimate of drug-likeness (QED) is 0.711. The minimum atomic E-state index is -0.158. The molecule has 2 heterocycles. The van der Waals surface area contributed by atoms with E-state index in [1.165, 1.54) is 0 Å². The van der Waals surface area contributed by atoms with Gasteiger partial charge in [-0.3, -0.25) is 10.5 Å². The molecule has 0 fully saturated rings. The van der Waals surface area contributed by atoms with Gasteiger partial charge in [0.2, 0.25) is 6.79 Å². The van der Waals surface area contributed by atoms with Crippen LogP contribution in [0.25, 0.3) is 11.0 Å². The molecule has 0 bridgehead atoms. The summed E-state index contributed by atoms with van der Waals surface area (Å²) in [5, 5.41) is 2.88. The molecule has 0 spiro atoms. The number of amides is 1. The summed E-state index contributed by atoms with van der Waals surface area (Å²) >= 11 is 0. The Morgan fingerprint density at radius 2 is 2.04 bits per heavy atom. The number of nitrogens with one attached hydrogen (secondary N) is 1.